The Morgan fingerprint density at radius 1 is 1.15 bits per heavy atom. The van der Waals surface area contributed by atoms with Gasteiger partial charge in [-0.05, 0) is 35.2 Å². The van der Waals surface area contributed by atoms with Crippen LogP contribution in [0.15, 0.2) is 44.0 Å². The van der Waals surface area contributed by atoms with Gasteiger partial charge in [-0.1, -0.05) is 38.4 Å². The second-order valence-corrected chi connectivity index (χ2v) is 11.3. The van der Waals surface area contributed by atoms with Crippen LogP contribution < -0.4 is 25.2 Å². The molecule has 2 atom stereocenters. The largest absolute Gasteiger partial charge is 0.504 e. The van der Waals surface area contributed by atoms with Crippen LogP contribution in [0.3, 0.4) is 0 Å². The molecule has 0 bridgehead atoms. The van der Waals surface area contributed by atoms with Gasteiger partial charge >= 0.3 is 0 Å². The number of rotatable bonds is 4. The Morgan fingerprint density at radius 2 is 1.82 bits per heavy atom. The molecule has 2 aliphatic heterocycles. The monoisotopic (exact) mass is 527 g/mol. The minimum absolute atomic E-state index is 0.0336. The second-order valence-electron chi connectivity index (χ2n) is 8.61. The number of fused-ring (bicyclic) bond motifs is 1. The van der Waals surface area contributed by atoms with E-state index in [9.17, 15) is 17.7 Å². The number of nitrogens with two attached hydrogens (primary N) is 1. The lowest BCUT2D eigenvalue weighted by Crippen LogP contribution is -2.41. The molecule has 14 heteroatoms. The summed E-state index contributed by atoms with van der Waals surface area (Å²) in [5.74, 6) is 0.745. The van der Waals surface area contributed by atoms with Gasteiger partial charge in [0.1, 0.15) is 4.90 Å². The van der Waals surface area contributed by atoms with Crippen LogP contribution in [0.4, 0.5) is 5.69 Å². The molecule has 0 amide bonds. The van der Waals surface area contributed by atoms with E-state index in [1.165, 1.54) is 12.1 Å². The van der Waals surface area contributed by atoms with Crippen LogP contribution in [-0.4, -0.2) is 36.2 Å². The maximum atomic E-state index is 12.2. The summed E-state index contributed by atoms with van der Waals surface area (Å²) >= 11 is 3.97. The molecule has 0 fully saturated rings. The topological polar surface area (TPSA) is 165 Å². The quantitative estimate of drug-likeness (QED) is 0.440. The molecular formula is C20H22ClN5O6S2. The van der Waals surface area contributed by atoms with Crippen LogP contribution in [0.2, 0.25) is 5.02 Å². The average Bonchev–Trinajstić information content (AvgIpc) is 3.31. The van der Waals surface area contributed by atoms with Crippen molar-refractivity contribution in [2.45, 2.75) is 31.7 Å². The smallest absolute Gasteiger partial charge is 0.269 e. The zero-order chi connectivity index (χ0) is 24.8. The lowest BCUT2D eigenvalue weighted by molar-refractivity contribution is 0.174. The normalized spacial score (nSPS) is 18.3. The van der Waals surface area contributed by atoms with Gasteiger partial charge in [-0.3, -0.25) is 0 Å². The van der Waals surface area contributed by atoms with Crippen LogP contribution >= 0.6 is 11.6 Å². The molecule has 0 aromatic heterocycles. The number of anilines is 1. The molecule has 0 radical (unpaired) electrons. The Morgan fingerprint density at radius 3 is 2.50 bits per heavy atom. The Labute approximate surface area is 203 Å². The highest BCUT2D eigenvalue weighted by atomic mass is 35.5. The van der Waals surface area contributed by atoms with Crippen LogP contribution in [0.25, 0.3) is 0 Å². The number of hydrogen-bond acceptors (Lipinski definition) is 8. The van der Waals surface area contributed by atoms with Crippen LogP contribution in [-0.2, 0) is 21.2 Å². The van der Waals surface area contributed by atoms with Gasteiger partial charge in [0, 0.05) is 0 Å². The van der Waals surface area contributed by atoms with E-state index in [0.717, 1.165) is 5.56 Å². The van der Waals surface area contributed by atoms with E-state index in [1.54, 1.807) is 6.07 Å². The molecule has 2 aromatic carbocycles. The maximum Gasteiger partial charge on any atom is 0.269 e. The van der Waals surface area contributed by atoms with Gasteiger partial charge in [0.05, 0.1) is 16.8 Å². The molecule has 11 nitrogen and oxygen atoms in total. The number of phenolic OH excluding ortho intramolecular Hbond substituents is 1. The second kappa shape index (κ2) is 8.73. The first-order chi connectivity index (χ1) is 15.8. The van der Waals surface area contributed by atoms with Gasteiger partial charge in [-0.15, -0.1) is 8.80 Å². The van der Waals surface area contributed by atoms with Crippen molar-refractivity contribution >= 4 is 50.2 Å². The van der Waals surface area contributed by atoms with E-state index in [1.807, 2.05) is 32.9 Å². The lowest BCUT2D eigenvalue weighted by Gasteiger charge is -2.32. The molecule has 34 heavy (non-hydrogen) atoms. The van der Waals surface area contributed by atoms with Crippen LogP contribution in [0.5, 0.6) is 17.2 Å². The number of phenols is 1. The fourth-order valence-corrected chi connectivity index (χ4v) is 5.33. The van der Waals surface area contributed by atoms with Gasteiger partial charge in [0.2, 0.25) is 16.8 Å². The van der Waals surface area contributed by atoms with Crippen LogP contribution in [0, 0.1) is 5.41 Å². The molecule has 1 unspecified atom stereocenters. The molecule has 5 N–H and O–H groups in total. The number of benzene rings is 2. The fraction of sp³-hybridized carbons (Fsp3) is 0.300. The SMILES string of the molecule is CC(C)(C)[C@@H](NC1=NS(=O)N=C1Nc1ccc(Cl)c(S(N)(=O)=O)c1O)c1ccc2c(c1)OCO2. The third kappa shape index (κ3) is 4.82. The van der Waals surface area contributed by atoms with Crippen molar-refractivity contribution in [1.29, 1.82) is 0 Å². The van der Waals surface area contributed by atoms with E-state index in [2.05, 4.69) is 19.4 Å². The number of nitrogens with zero attached hydrogens (tertiary/aromatic N) is 2. The third-order valence-electron chi connectivity index (χ3n) is 5.06. The highest BCUT2D eigenvalue weighted by molar-refractivity contribution is 7.89. The molecule has 0 spiro atoms. The number of primary sulfonamides is 1. The summed E-state index contributed by atoms with van der Waals surface area (Å²) in [6, 6.07) is 7.81. The zero-order valence-corrected chi connectivity index (χ0v) is 20.7. The van der Waals surface area contributed by atoms with E-state index in [4.69, 9.17) is 26.2 Å². The van der Waals surface area contributed by atoms with E-state index >= 15 is 0 Å². The predicted molar refractivity (Wildman–Crippen MR) is 129 cm³/mol. The zero-order valence-electron chi connectivity index (χ0n) is 18.3. The fourth-order valence-electron chi connectivity index (χ4n) is 3.51. The summed E-state index contributed by atoms with van der Waals surface area (Å²) in [6.45, 7) is 6.17. The van der Waals surface area contributed by atoms with E-state index in [0.29, 0.717) is 11.5 Å². The van der Waals surface area contributed by atoms with Gasteiger partial charge in [-0.25, -0.2) is 17.8 Å². The number of sulfonamides is 1. The summed E-state index contributed by atoms with van der Waals surface area (Å²) in [4.78, 5) is -0.640. The molecule has 2 heterocycles. The first kappa shape index (κ1) is 24.3. The number of aromatic hydroxyl groups is 1. The number of amidine groups is 2. The molecule has 0 saturated heterocycles. The Bertz CT molecular complexity index is 1350. The highest BCUT2D eigenvalue weighted by Gasteiger charge is 2.32. The maximum absolute atomic E-state index is 12.2. The molecule has 0 aliphatic carbocycles. The third-order valence-corrected chi connectivity index (χ3v) is 7.15. The van der Waals surface area contributed by atoms with Crippen molar-refractivity contribution in [2.24, 2.45) is 19.3 Å². The van der Waals surface area contributed by atoms with Crippen molar-refractivity contribution in [3.05, 3.63) is 40.9 Å². The molecular weight excluding hydrogens is 506 g/mol. The summed E-state index contributed by atoms with van der Waals surface area (Å²) in [5, 5.41) is 21.4. The summed E-state index contributed by atoms with van der Waals surface area (Å²) < 4.78 is 54.7. The molecule has 2 aliphatic rings. The summed E-state index contributed by atoms with van der Waals surface area (Å²) in [5.41, 5.74) is 0.465. The molecule has 0 saturated carbocycles. The van der Waals surface area contributed by atoms with E-state index < -0.39 is 31.8 Å². The lowest BCUT2D eigenvalue weighted by atomic mass is 9.82. The van der Waals surface area contributed by atoms with Gasteiger partial charge in [0.25, 0.3) is 11.2 Å². The van der Waals surface area contributed by atoms with Gasteiger partial charge in [-0.2, -0.15) is 0 Å². The Kier molecular flexibility index (Phi) is 6.23. The number of halogens is 1. The number of nitrogens with one attached hydrogen (secondary N) is 2. The minimum Gasteiger partial charge on any atom is -0.504 e. The van der Waals surface area contributed by atoms with Crippen molar-refractivity contribution in [3.8, 4) is 17.2 Å². The van der Waals surface area contributed by atoms with Crippen molar-refractivity contribution in [3.63, 3.8) is 0 Å². The molecule has 2 aromatic rings. The van der Waals surface area contributed by atoms with Crippen molar-refractivity contribution < 1.29 is 27.2 Å². The number of hydrogen-bond donors (Lipinski definition) is 4. The highest BCUT2D eigenvalue weighted by Crippen LogP contribution is 2.40. The average molecular weight is 528 g/mol. The van der Waals surface area contributed by atoms with Gasteiger partial charge < -0.3 is 25.2 Å². The summed E-state index contributed by atoms with van der Waals surface area (Å²) in [6.07, 6.45) is 0. The van der Waals surface area contributed by atoms with Crippen LogP contribution in [0.1, 0.15) is 32.4 Å². The predicted octanol–water partition coefficient (Wildman–Crippen LogP) is 2.60. The number of ether oxygens (including phenoxy) is 2. The first-order valence-corrected chi connectivity index (χ1v) is 12.9. The molecule has 4 rings (SSSR count). The Balaban J connectivity index is 1.65. The molecule has 182 valence electrons. The minimum atomic E-state index is -4.31. The van der Waals surface area contributed by atoms with Crippen molar-refractivity contribution in [2.75, 3.05) is 12.1 Å². The Hall–Kier alpha value is -2.87. The van der Waals surface area contributed by atoms with Crippen molar-refractivity contribution in [1.82, 2.24) is 5.32 Å². The van der Waals surface area contributed by atoms with Gasteiger partial charge in [0.15, 0.2) is 28.9 Å². The van der Waals surface area contributed by atoms with E-state index in [-0.39, 0.29) is 40.6 Å². The standard InChI is InChI=1S/C20H22ClN5O6S2/c1-20(2,3)17(10-4-7-13-14(8-10)32-9-31-13)24-19-18(25-33(28)26-19)23-12-6-5-11(21)16(15(12)27)34(22,29)30/h4-8,17,27H,9H2,1-3H3,(H,23,25)(H,24,26)(H2,22,29,30)/t17-,33?/m0/s1. The summed E-state index contributed by atoms with van der Waals surface area (Å²) in [7, 11) is -4.31. The first-order valence-electron chi connectivity index (χ1n) is 9.92.